The zero-order valence-corrected chi connectivity index (χ0v) is 18.0. The van der Waals surface area contributed by atoms with Gasteiger partial charge in [0.1, 0.15) is 18.3 Å². The fraction of sp³-hybridized carbons (Fsp3) is 0.450. The number of aliphatic hydroxyl groups excluding tert-OH is 3. The topological polar surface area (TPSA) is 184 Å². The zero-order valence-electron chi connectivity index (χ0n) is 18.0. The lowest BCUT2D eigenvalue weighted by Gasteiger charge is -2.39. The van der Waals surface area contributed by atoms with Gasteiger partial charge in [0.2, 0.25) is 5.91 Å². The van der Waals surface area contributed by atoms with Crippen molar-refractivity contribution in [1.29, 1.82) is 0 Å². The van der Waals surface area contributed by atoms with Crippen LogP contribution in [-0.4, -0.2) is 82.0 Å². The van der Waals surface area contributed by atoms with E-state index in [0.29, 0.717) is 0 Å². The highest BCUT2D eigenvalue weighted by molar-refractivity contribution is 5.92. The summed E-state index contributed by atoms with van der Waals surface area (Å²) in [5, 5.41) is 32.1. The van der Waals surface area contributed by atoms with Crippen LogP contribution in [0.4, 0.5) is 8.78 Å². The van der Waals surface area contributed by atoms with Crippen LogP contribution in [0.1, 0.15) is 12.5 Å². The van der Waals surface area contributed by atoms with Crippen molar-refractivity contribution in [2.75, 3.05) is 13.7 Å². The van der Waals surface area contributed by atoms with Crippen molar-refractivity contribution in [3.63, 3.8) is 0 Å². The fourth-order valence-electron chi connectivity index (χ4n) is 3.32. The molecule has 2 rings (SSSR count). The molecule has 0 saturated carbocycles. The first-order valence-corrected chi connectivity index (χ1v) is 9.85. The van der Waals surface area contributed by atoms with Crippen molar-refractivity contribution in [2.45, 2.75) is 43.9 Å². The second-order valence-corrected chi connectivity index (χ2v) is 7.50. The lowest BCUT2D eigenvalue weighted by molar-refractivity contribution is -0.140. The monoisotopic (exact) mass is 471 g/mol. The molecular weight excluding hydrogens is 444 g/mol. The number of amides is 2. The molecule has 1 heterocycles. The molecular formula is C20H27F2N5O6. The van der Waals surface area contributed by atoms with Crippen molar-refractivity contribution in [2.24, 2.45) is 16.5 Å². The number of aliphatic hydroxyl groups is 3. The molecule has 33 heavy (non-hydrogen) atoms. The first kappa shape index (κ1) is 26.0. The molecule has 0 unspecified atom stereocenters. The van der Waals surface area contributed by atoms with Crippen LogP contribution in [0.2, 0.25) is 0 Å². The van der Waals surface area contributed by atoms with Crippen LogP contribution in [0.15, 0.2) is 35.0 Å². The molecule has 1 aliphatic heterocycles. The summed E-state index contributed by atoms with van der Waals surface area (Å²) in [5.74, 6) is -4.30. The van der Waals surface area contributed by atoms with Gasteiger partial charge >= 0.3 is 0 Å². The number of benzene rings is 1. The summed E-state index contributed by atoms with van der Waals surface area (Å²) in [6, 6.07) is 1.31. The number of aliphatic imine (C=N–C) groups is 1. The maximum absolute atomic E-state index is 14.0. The summed E-state index contributed by atoms with van der Waals surface area (Å²) in [6.45, 7) is 0.0222. The van der Waals surface area contributed by atoms with E-state index in [0.717, 1.165) is 11.0 Å². The second kappa shape index (κ2) is 11.0. The smallest absolute Gasteiger partial charge is 0.288 e. The number of nitrogens with zero attached hydrogens (tertiary/aromatic N) is 2. The van der Waals surface area contributed by atoms with Gasteiger partial charge in [-0.2, -0.15) is 0 Å². The van der Waals surface area contributed by atoms with Gasteiger partial charge in [-0.1, -0.05) is 12.1 Å². The number of halogens is 2. The number of guanidine groups is 1. The molecule has 0 radical (unpaired) electrons. The number of ether oxygens (including phenoxy) is 1. The highest BCUT2D eigenvalue weighted by atomic mass is 19.2. The highest BCUT2D eigenvalue weighted by Gasteiger charge is 2.44. The average Bonchev–Trinajstić information content (AvgIpc) is 2.75. The number of nitrogens with one attached hydrogen (secondary N) is 1. The number of hydrogen-bond acceptors (Lipinski definition) is 7. The maximum Gasteiger partial charge on any atom is 0.288 e. The Hall–Kier alpha value is -3.29. The molecule has 13 heteroatoms. The first-order chi connectivity index (χ1) is 15.5. The predicted molar refractivity (Wildman–Crippen MR) is 112 cm³/mol. The van der Waals surface area contributed by atoms with Crippen LogP contribution < -0.4 is 16.8 Å². The molecule has 2 amide bonds. The minimum absolute atomic E-state index is 0.0913. The largest absolute Gasteiger partial charge is 0.480 e. The molecule has 0 spiro atoms. The maximum atomic E-state index is 14.0. The van der Waals surface area contributed by atoms with E-state index in [9.17, 15) is 33.7 Å². The van der Waals surface area contributed by atoms with Crippen LogP contribution in [0, 0.1) is 11.6 Å². The van der Waals surface area contributed by atoms with Crippen LogP contribution in [-0.2, 0) is 20.9 Å². The number of carbonyl (C=O) groups is 2. The molecule has 1 aliphatic rings. The van der Waals surface area contributed by atoms with Gasteiger partial charge < -0.3 is 41.7 Å². The second-order valence-electron chi connectivity index (χ2n) is 7.50. The Balaban J connectivity index is 2.41. The lowest BCUT2D eigenvalue weighted by Crippen LogP contribution is -2.60. The standard InChI is InChI=1S/C20H27F2N5O6/c1-9(29)25-16-12(26-20(23)24)6-14(33-18(16)17(31)13(30)8-28)19(32)27(2)7-10-4-3-5-11(21)15(10)22/h3-6,12-13,16-18,28,30-31H,7-8H2,1-2H3,(H,25,29)(H4,23,24,26)/t12-,13+,16+,17+,18+/m0/s1. The summed E-state index contributed by atoms with van der Waals surface area (Å²) in [7, 11) is 1.31. The first-order valence-electron chi connectivity index (χ1n) is 9.85. The Morgan fingerprint density at radius 1 is 1.30 bits per heavy atom. The van der Waals surface area contributed by atoms with E-state index in [4.69, 9.17) is 16.2 Å². The highest BCUT2D eigenvalue weighted by Crippen LogP contribution is 2.26. The van der Waals surface area contributed by atoms with Gasteiger partial charge in [0.15, 0.2) is 23.4 Å². The van der Waals surface area contributed by atoms with Gasteiger partial charge in [0.05, 0.1) is 18.7 Å². The SMILES string of the molecule is CC(=O)N[C@H]1[C@H]([C@H](O)[C@H](O)CO)OC(C(=O)N(C)Cc2cccc(F)c2F)=C[C@@H]1N=C(N)N. The Morgan fingerprint density at radius 3 is 2.55 bits per heavy atom. The molecule has 182 valence electrons. The molecule has 0 aromatic heterocycles. The quantitative estimate of drug-likeness (QED) is 0.187. The van der Waals surface area contributed by atoms with Gasteiger partial charge in [-0.15, -0.1) is 0 Å². The summed E-state index contributed by atoms with van der Waals surface area (Å²) in [5.41, 5.74) is 10.8. The van der Waals surface area contributed by atoms with E-state index >= 15 is 0 Å². The van der Waals surface area contributed by atoms with Crippen LogP contribution >= 0.6 is 0 Å². The molecule has 0 aliphatic carbocycles. The summed E-state index contributed by atoms with van der Waals surface area (Å²) >= 11 is 0. The van der Waals surface area contributed by atoms with Crippen molar-refractivity contribution < 1.29 is 38.4 Å². The van der Waals surface area contributed by atoms with E-state index in [-0.39, 0.29) is 17.9 Å². The molecule has 0 saturated heterocycles. The Labute approximate surface area is 188 Å². The van der Waals surface area contributed by atoms with E-state index in [1.165, 1.54) is 32.2 Å². The van der Waals surface area contributed by atoms with Crippen molar-refractivity contribution >= 4 is 17.8 Å². The number of hydrogen-bond donors (Lipinski definition) is 6. The van der Waals surface area contributed by atoms with Crippen molar-refractivity contribution in [3.05, 3.63) is 47.2 Å². The Bertz CT molecular complexity index is 940. The third-order valence-corrected chi connectivity index (χ3v) is 4.89. The third-order valence-electron chi connectivity index (χ3n) is 4.89. The average molecular weight is 471 g/mol. The van der Waals surface area contributed by atoms with E-state index in [2.05, 4.69) is 10.3 Å². The number of nitrogens with two attached hydrogens (primary N) is 2. The molecule has 5 atom stereocenters. The third kappa shape index (κ3) is 6.37. The fourth-order valence-corrected chi connectivity index (χ4v) is 3.32. The number of likely N-dealkylation sites (N-methyl/N-ethyl adjacent to an activating group) is 1. The number of carbonyl (C=O) groups excluding carboxylic acids is 2. The van der Waals surface area contributed by atoms with Gasteiger partial charge in [0, 0.05) is 26.1 Å². The van der Waals surface area contributed by atoms with E-state index in [1.807, 2.05) is 0 Å². The molecule has 1 aromatic rings. The molecule has 8 N–H and O–H groups in total. The van der Waals surface area contributed by atoms with Gasteiger partial charge in [-0.3, -0.25) is 9.59 Å². The van der Waals surface area contributed by atoms with E-state index in [1.54, 1.807) is 0 Å². The summed E-state index contributed by atoms with van der Waals surface area (Å²) in [6.07, 6.45) is -3.70. The van der Waals surface area contributed by atoms with Gasteiger partial charge in [0.25, 0.3) is 5.91 Å². The normalized spacial score (nSPS) is 21.8. The van der Waals surface area contributed by atoms with Crippen LogP contribution in [0.25, 0.3) is 0 Å². The molecule has 0 fully saturated rings. The van der Waals surface area contributed by atoms with Gasteiger partial charge in [-0.05, 0) is 12.1 Å². The molecule has 0 bridgehead atoms. The Kier molecular flexibility index (Phi) is 8.68. The van der Waals surface area contributed by atoms with Crippen molar-refractivity contribution in [1.82, 2.24) is 10.2 Å². The predicted octanol–water partition coefficient (Wildman–Crippen LogP) is -1.93. The molecule has 1 aromatic carbocycles. The zero-order chi connectivity index (χ0) is 24.9. The van der Waals surface area contributed by atoms with Crippen molar-refractivity contribution in [3.8, 4) is 0 Å². The summed E-state index contributed by atoms with van der Waals surface area (Å²) in [4.78, 5) is 29.7. The van der Waals surface area contributed by atoms with Crippen LogP contribution in [0.5, 0.6) is 0 Å². The number of rotatable bonds is 8. The lowest BCUT2D eigenvalue weighted by atomic mass is 9.92. The molecule has 11 nitrogen and oxygen atoms in total. The minimum atomic E-state index is -1.76. The van der Waals surface area contributed by atoms with Gasteiger partial charge in [-0.25, -0.2) is 13.8 Å². The van der Waals surface area contributed by atoms with E-state index < -0.39 is 66.4 Å². The Morgan fingerprint density at radius 2 is 1.97 bits per heavy atom. The summed E-state index contributed by atoms with van der Waals surface area (Å²) < 4.78 is 33.1. The van der Waals surface area contributed by atoms with Crippen LogP contribution in [0.3, 0.4) is 0 Å². The minimum Gasteiger partial charge on any atom is -0.480 e.